The monoisotopic (exact) mass is 598 g/mol. The molecule has 214 valence electrons. The van der Waals surface area contributed by atoms with Crippen LogP contribution in [-0.2, 0) is 11.2 Å². The van der Waals surface area contributed by atoms with Crippen LogP contribution < -0.4 is 9.47 Å². The summed E-state index contributed by atoms with van der Waals surface area (Å²) in [4.78, 5) is 18.6. The first-order valence-electron chi connectivity index (χ1n) is 13.2. The number of carbonyl (C=O) groups excluding carboxylic acids is 1. The zero-order valence-electron chi connectivity index (χ0n) is 21.7. The van der Waals surface area contributed by atoms with E-state index in [9.17, 15) is 20.1 Å². The number of aromatic nitrogens is 1. The number of aromatic amines is 1. The van der Waals surface area contributed by atoms with Gasteiger partial charge in [-0.2, -0.15) is 0 Å². The molecule has 1 aromatic heterocycles. The van der Waals surface area contributed by atoms with E-state index in [1.165, 1.54) is 0 Å². The van der Waals surface area contributed by atoms with Crippen LogP contribution in [0.4, 0.5) is 4.79 Å². The number of rotatable bonds is 5. The Bertz CT molecular complexity index is 1540. The van der Waals surface area contributed by atoms with E-state index in [-0.39, 0.29) is 13.0 Å². The van der Waals surface area contributed by atoms with Crippen molar-refractivity contribution in [3.8, 4) is 11.5 Å². The second-order valence-corrected chi connectivity index (χ2v) is 11.0. The molecule has 0 bridgehead atoms. The molecule has 41 heavy (non-hydrogen) atoms. The van der Waals surface area contributed by atoms with Gasteiger partial charge in [0, 0.05) is 39.6 Å². The Kier molecular flexibility index (Phi) is 7.82. The molecule has 1 saturated heterocycles. The number of carbonyl (C=O) groups is 1. The van der Waals surface area contributed by atoms with Crippen molar-refractivity contribution in [3.05, 3.63) is 93.6 Å². The minimum atomic E-state index is -1.27. The van der Waals surface area contributed by atoms with Gasteiger partial charge in [0.05, 0.1) is 18.8 Å². The van der Waals surface area contributed by atoms with Gasteiger partial charge in [0.1, 0.15) is 23.6 Å². The maximum atomic E-state index is 13.5. The zero-order chi connectivity index (χ0) is 28.7. The summed E-state index contributed by atoms with van der Waals surface area (Å²) >= 11 is 12.3. The van der Waals surface area contributed by atoms with Gasteiger partial charge >= 0.3 is 6.09 Å². The third-order valence-electron chi connectivity index (χ3n) is 7.50. The number of halogens is 2. The zero-order valence-corrected chi connectivity index (χ0v) is 23.3. The largest absolute Gasteiger partial charge is 0.462 e. The summed E-state index contributed by atoms with van der Waals surface area (Å²) in [7, 11) is 0. The smallest absolute Gasteiger partial charge is 0.416 e. The molecular weight excluding hydrogens is 571 g/mol. The molecule has 0 aliphatic carbocycles. The van der Waals surface area contributed by atoms with Gasteiger partial charge < -0.3 is 34.5 Å². The number of nitrogens with zero attached hydrogens (tertiary/aromatic N) is 1. The van der Waals surface area contributed by atoms with E-state index in [0.717, 1.165) is 27.7 Å². The Morgan fingerprint density at radius 2 is 1.71 bits per heavy atom. The van der Waals surface area contributed by atoms with E-state index in [4.69, 9.17) is 37.4 Å². The molecule has 9 nitrogen and oxygen atoms in total. The fourth-order valence-electron chi connectivity index (χ4n) is 5.46. The van der Waals surface area contributed by atoms with Crippen molar-refractivity contribution in [3.63, 3.8) is 0 Å². The highest BCUT2D eigenvalue weighted by Gasteiger charge is 2.39. The summed E-state index contributed by atoms with van der Waals surface area (Å²) in [5.74, 6) is 0.767. The molecule has 4 N–H and O–H groups in total. The minimum absolute atomic E-state index is 0.109. The van der Waals surface area contributed by atoms with Crippen molar-refractivity contribution in [2.75, 3.05) is 13.2 Å². The lowest BCUT2D eigenvalue weighted by atomic mass is 9.92. The van der Waals surface area contributed by atoms with Crippen LogP contribution >= 0.6 is 23.2 Å². The summed E-state index contributed by atoms with van der Waals surface area (Å²) in [6.07, 6.45) is -3.94. The van der Waals surface area contributed by atoms with Crippen LogP contribution in [0.2, 0.25) is 10.0 Å². The summed E-state index contributed by atoms with van der Waals surface area (Å²) in [6, 6.07) is 18.8. The van der Waals surface area contributed by atoms with Gasteiger partial charge in [0.2, 0.25) is 6.29 Å². The Morgan fingerprint density at radius 3 is 2.44 bits per heavy atom. The van der Waals surface area contributed by atoms with Crippen LogP contribution in [-0.4, -0.2) is 69.1 Å². The van der Waals surface area contributed by atoms with Gasteiger partial charge in [-0.05, 0) is 72.1 Å². The number of H-pyrrole nitrogens is 1. The quantitative estimate of drug-likeness (QED) is 0.259. The number of hydrogen-bond donors (Lipinski definition) is 4. The van der Waals surface area contributed by atoms with E-state index in [0.29, 0.717) is 34.5 Å². The van der Waals surface area contributed by atoms with Gasteiger partial charge in [0.15, 0.2) is 0 Å². The first-order chi connectivity index (χ1) is 19.8. The highest BCUT2D eigenvalue weighted by molar-refractivity contribution is 6.31. The molecule has 2 aliphatic rings. The van der Waals surface area contributed by atoms with Crippen LogP contribution in [0.3, 0.4) is 0 Å². The Labute approximate surface area is 245 Å². The maximum Gasteiger partial charge on any atom is 0.416 e. The van der Waals surface area contributed by atoms with Gasteiger partial charge in [-0.15, -0.1) is 0 Å². The van der Waals surface area contributed by atoms with E-state index in [2.05, 4.69) is 4.98 Å². The summed E-state index contributed by atoms with van der Waals surface area (Å²) < 4.78 is 17.1. The van der Waals surface area contributed by atoms with Gasteiger partial charge in [0.25, 0.3) is 0 Å². The molecule has 11 heteroatoms. The fourth-order valence-corrected chi connectivity index (χ4v) is 5.76. The lowest BCUT2D eigenvalue weighted by molar-refractivity contribution is -0.240. The summed E-state index contributed by atoms with van der Waals surface area (Å²) in [5, 5.41) is 32.1. The highest BCUT2D eigenvalue weighted by Crippen LogP contribution is 2.40. The maximum absolute atomic E-state index is 13.5. The second-order valence-electron chi connectivity index (χ2n) is 10.2. The third-order valence-corrected chi connectivity index (χ3v) is 7.99. The van der Waals surface area contributed by atoms with E-state index in [1.807, 2.05) is 30.3 Å². The normalized spacial score (nSPS) is 24.2. The average molecular weight is 599 g/mol. The van der Waals surface area contributed by atoms with Gasteiger partial charge in [-0.25, -0.2) is 4.79 Å². The lowest BCUT2D eigenvalue weighted by Gasteiger charge is -2.36. The standard InChI is InChI=1S/C30H28Cl2N2O7/c31-17-3-8-20(9-4-17)41-30(38)34-12-11-22-23-13-18(32)5-10-24(23)33-26(22)27(34)16-1-6-19(7-2-16)39-29-28(37)25(36)14-21(15-35)40-29/h1-10,13,21,25,27-29,33,35-37H,11-12,14-15H2/t21?,25?,27-,28?,29?/m0/s1. The van der Waals surface area contributed by atoms with Crippen molar-refractivity contribution in [2.45, 2.75) is 43.5 Å². The molecule has 0 spiro atoms. The number of aliphatic hydroxyl groups is 3. The topological polar surface area (TPSA) is 124 Å². The molecular formula is C30H28Cl2N2O7. The van der Waals surface area contributed by atoms with Crippen molar-refractivity contribution < 1.29 is 34.3 Å². The van der Waals surface area contributed by atoms with Gasteiger partial charge in [-0.1, -0.05) is 35.3 Å². The number of hydrogen-bond acceptors (Lipinski definition) is 7. The number of benzene rings is 3. The molecule has 4 aromatic rings. The van der Waals surface area contributed by atoms with Crippen LogP contribution in [0.1, 0.15) is 29.3 Å². The van der Waals surface area contributed by atoms with Crippen molar-refractivity contribution >= 4 is 40.2 Å². The van der Waals surface area contributed by atoms with E-state index < -0.39 is 36.7 Å². The van der Waals surface area contributed by atoms with Crippen molar-refractivity contribution in [1.29, 1.82) is 0 Å². The SMILES string of the molecule is O=C(Oc1ccc(Cl)cc1)N1CCc2c([nH]c3ccc(Cl)cc23)[C@@H]1c1ccc(OC2OC(CO)CC(O)C2O)cc1. The second kappa shape index (κ2) is 11.5. The first-order valence-corrected chi connectivity index (χ1v) is 14.0. The number of nitrogens with one attached hydrogen (secondary N) is 1. The van der Waals surface area contributed by atoms with Crippen molar-refractivity contribution in [1.82, 2.24) is 9.88 Å². The van der Waals surface area contributed by atoms with Crippen LogP contribution in [0.25, 0.3) is 10.9 Å². The summed E-state index contributed by atoms with van der Waals surface area (Å²) in [6.45, 7) is 0.106. The number of fused-ring (bicyclic) bond motifs is 3. The molecule has 2 aliphatic heterocycles. The van der Waals surface area contributed by atoms with E-state index in [1.54, 1.807) is 41.3 Å². The molecule has 1 amide bonds. The molecule has 1 fully saturated rings. The molecule has 4 unspecified atom stereocenters. The molecule has 3 aromatic carbocycles. The molecule has 6 rings (SSSR count). The summed E-state index contributed by atoms with van der Waals surface area (Å²) in [5.41, 5.74) is 3.64. The van der Waals surface area contributed by atoms with Crippen LogP contribution in [0.5, 0.6) is 11.5 Å². The lowest BCUT2D eigenvalue weighted by Crippen LogP contribution is -2.51. The number of amides is 1. The fraction of sp³-hybridized carbons (Fsp3) is 0.300. The number of ether oxygens (including phenoxy) is 3. The molecule has 0 radical (unpaired) electrons. The predicted octanol–water partition coefficient (Wildman–Crippen LogP) is 4.83. The Morgan fingerprint density at radius 1 is 1.00 bits per heavy atom. The minimum Gasteiger partial charge on any atom is -0.462 e. The molecule has 0 saturated carbocycles. The van der Waals surface area contributed by atoms with Crippen LogP contribution in [0.15, 0.2) is 66.7 Å². The van der Waals surface area contributed by atoms with E-state index >= 15 is 0 Å². The molecule has 3 heterocycles. The van der Waals surface area contributed by atoms with Crippen LogP contribution in [0, 0.1) is 0 Å². The van der Waals surface area contributed by atoms with Crippen molar-refractivity contribution in [2.24, 2.45) is 0 Å². The Balaban J connectivity index is 1.32. The number of aliphatic hydroxyl groups excluding tert-OH is 3. The van der Waals surface area contributed by atoms with Gasteiger partial charge in [-0.3, -0.25) is 4.90 Å². The average Bonchev–Trinajstić information content (AvgIpc) is 3.34. The first kappa shape index (κ1) is 27.8. The highest BCUT2D eigenvalue weighted by atomic mass is 35.5. The third kappa shape index (κ3) is 5.61. The Hall–Kier alpha value is -3.31. The molecule has 5 atom stereocenters. The predicted molar refractivity (Wildman–Crippen MR) is 152 cm³/mol.